The molecule has 0 radical (unpaired) electrons. The zero-order chi connectivity index (χ0) is 18.7. The summed E-state index contributed by atoms with van der Waals surface area (Å²) in [6.07, 6.45) is 3.00. The second-order valence-corrected chi connectivity index (χ2v) is 7.35. The van der Waals surface area contributed by atoms with E-state index in [4.69, 9.17) is 5.73 Å². The number of nitrogens with two attached hydrogens (primary N) is 1. The van der Waals surface area contributed by atoms with Gasteiger partial charge in [0.25, 0.3) is 0 Å². The molecule has 1 saturated carbocycles. The fraction of sp³-hybridized carbons (Fsp3) is 0.409. The lowest BCUT2D eigenvalue weighted by molar-refractivity contribution is -0.134. The summed E-state index contributed by atoms with van der Waals surface area (Å²) in [5, 5.41) is 0. The summed E-state index contributed by atoms with van der Waals surface area (Å²) in [5.41, 5.74) is 10.1. The number of hydrogen-bond acceptors (Lipinski definition) is 3. The summed E-state index contributed by atoms with van der Waals surface area (Å²) >= 11 is 0. The van der Waals surface area contributed by atoms with Crippen molar-refractivity contribution in [2.45, 2.75) is 44.7 Å². The van der Waals surface area contributed by atoms with Crippen molar-refractivity contribution in [3.63, 3.8) is 0 Å². The second-order valence-electron chi connectivity index (χ2n) is 7.35. The second kappa shape index (κ2) is 7.81. The minimum absolute atomic E-state index is 0.0827. The number of nitrogens with zero attached hydrogens (tertiary/aromatic N) is 2. The van der Waals surface area contributed by atoms with Crippen LogP contribution in [0.4, 0.5) is 11.4 Å². The van der Waals surface area contributed by atoms with Gasteiger partial charge in [0.05, 0.1) is 5.92 Å². The van der Waals surface area contributed by atoms with Gasteiger partial charge >= 0.3 is 0 Å². The first-order chi connectivity index (χ1) is 12.5. The molecule has 1 aliphatic rings. The topological polar surface area (TPSA) is 49.6 Å². The van der Waals surface area contributed by atoms with E-state index >= 15 is 0 Å². The van der Waals surface area contributed by atoms with E-state index in [1.165, 1.54) is 0 Å². The van der Waals surface area contributed by atoms with Crippen molar-refractivity contribution >= 4 is 17.3 Å². The number of rotatable bonds is 7. The van der Waals surface area contributed by atoms with E-state index in [0.29, 0.717) is 12.6 Å². The van der Waals surface area contributed by atoms with Crippen LogP contribution in [0.2, 0.25) is 0 Å². The first-order valence-electron chi connectivity index (χ1n) is 9.42. The van der Waals surface area contributed by atoms with Gasteiger partial charge in [-0.05, 0) is 48.6 Å². The third-order valence-corrected chi connectivity index (χ3v) is 5.11. The highest BCUT2D eigenvalue weighted by Gasteiger charge is 2.36. The van der Waals surface area contributed by atoms with E-state index in [0.717, 1.165) is 41.8 Å². The Balaban J connectivity index is 1.88. The first-order valence-corrected chi connectivity index (χ1v) is 9.42. The highest BCUT2D eigenvalue weighted by molar-refractivity contribution is 5.84. The normalized spacial score (nSPS) is 14.7. The van der Waals surface area contributed by atoms with Gasteiger partial charge in [-0.15, -0.1) is 0 Å². The Kier molecular flexibility index (Phi) is 5.50. The quantitative estimate of drug-likeness (QED) is 0.767. The molecule has 0 spiro atoms. The van der Waals surface area contributed by atoms with Crippen LogP contribution in [0.15, 0.2) is 48.5 Å². The number of carbonyl (C=O) groups is 1. The standard InChI is InChI=1S/C22H29N3O/c1-4-20(16-8-6-5-7-9-16)22(26)25(19-11-12-19)15-17-14-18(23)10-13-21(17)24(2)3/h5-10,13-14,19-20H,4,11-12,15,23H2,1-3H3. The molecule has 2 aromatic rings. The number of amides is 1. The molecule has 1 fully saturated rings. The molecular formula is C22H29N3O. The van der Waals surface area contributed by atoms with E-state index in [2.05, 4.69) is 28.9 Å². The molecule has 4 heteroatoms. The van der Waals surface area contributed by atoms with Crippen molar-refractivity contribution in [2.24, 2.45) is 0 Å². The Morgan fingerprint density at radius 2 is 1.85 bits per heavy atom. The Morgan fingerprint density at radius 3 is 2.42 bits per heavy atom. The highest BCUT2D eigenvalue weighted by Crippen LogP contribution is 2.34. The van der Waals surface area contributed by atoms with Crippen LogP contribution in [-0.4, -0.2) is 30.9 Å². The molecular weight excluding hydrogens is 322 g/mol. The molecule has 0 bridgehead atoms. The molecule has 2 aromatic carbocycles. The molecule has 1 aliphatic carbocycles. The fourth-order valence-corrected chi connectivity index (χ4v) is 3.56. The molecule has 0 aliphatic heterocycles. The van der Waals surface area contributed by atoms with E-state index in [1.54, 1.807) is 0 Å². The average Bonchev–Trinajstić information content (AvgIpc) is 3.46. The summed E-state index contributed by atoms with van der Waals surface area (Å²) in [7, 11) is 4.05. The maximum absolute atomic E-state index is 13.4. The maximum atomic E-state index is 13.4. The molecule has 0 heterocycles. The molecule has 3 rings (SSSR count). The maximum Gasteiger partial charge on any atom is 0.230 e. The smallest absolute Gasteiger partial charge is 0.230 e. The van der Waals surface area contributed by atoms with Gasteiger partial charge < -0.3 is 15.5 Å². The minimum Gasteiger partial charge on any atom is -0.399 e. The highest BCUT2D eigenvalue weighted by atomic mass is 16.2. The van der Waals surface area contributed by atoms with Crippen molar-refractivity contribution in [1.82, 2.24) is 4.90 Å². The van der Waals surface area contributed by atoms with Gasteiger partial charge in [0.15, 0.2) is 0 Å². The number of anilines is 2. The summed E-state index contributed by atoms with van der Waals surface area (Å²) in [4.78, 5) is 17.6. The third-order valence-electron chi connectivity index (χ3n) is 5.11. The van der Waals surface area contributed by atoms with E-state index in [9.17, 15) is 4.79 Å². The van der Waals surface area contributed by atoms with Crippen LogP contribution in [0, 0.1) is 0 Å². The predicted octanol–water partition coefficient (Wildman–Crippen LogP) is 4.02. The van der Waals surface area contributed by atoms with Gasteiger partial charge in [-0.25, -0.2) is 0 Å². The van der Waals surface area contributed by atoms with Crippen molar-refractivity contribution in [2.75, 3.05) is 24.7 Å². The number of hydrogen-bond donors (Lipinski definition) is 1. The van der Waals surface area contributed by atoms with Crippen LogP contribution in [0.25, 0.3) is 0 Å². The Morgan fingerprint density at radius 1 is 1.15 bits per heavy atom. The molecule has 4 nitrogen and oxygen atoms in total. The largest absolute Gasteiger partial charge is 0.399 e. The molecule has 0 aromatic heterocycles. The predicted molar refractivity (Wildman–Crippen MR) is 108 cm³/mol. The SMILES string of the molecule is CCC(C(=O)N(Cc1cc(N)ccc1N(C)C)C1CC1)c1ccccc1. The number of benzene rings is 2. The van der Waals surface area contributed by atoms with Crippen molar-refractivity contribution < 1.29 is 4.79 Å². The average molecular weight is 351 g/mol. The van der Waals surface area contributed by atoms with Gasteiger partial charge in [-0.3, -0.25) is 4.79 Å². The van der Waals surface area contributed by atoms with E-state index < -0.39 is 0 Å². The van der Waals surface area contributed by atoms with Crippen LogP contribution in [0.5, 0.6) is 0 Å². The summed E-state index contributed by atoms with van der Waals surface area (Å²) in [6, 6.07) is 16.4. The van der Waals surface area contributed by atoms with Gasteiger partial charge in [0, 0.05) is 38.1 Å². The van der Waals surface area contributed by atoms with Gasteiger partial charge in [0.2, 0.25) is 5.91 Å². The summed E-state index contributed by atoms with van der Waals surface area (Å²) in [5.74, 6) is 0.147. The first kappa shape index (κ1) is 18.3. The minimum atomic E-state index is -0.0827. The van der Waals surface area contributed by atoms with Crippen molar-refractivity contribution in [1.29, 1.82) is 0 Å². The number of carbonyl (C=O) groups excluding carboxylic acids is 1. The van der Waals surface area contributed by atoms with Gasteiger partial charge in [-0.1, -0.05) is 37.3 Å². The molecule has 0 saturated heterocycles. The van der Waals surface area contributed by atoms with Crippen LogP contribution in [-0.2, 0) is 11.3 Å². The van der Waals surface area contributed by atoms with Crippen LogP contribution in [0.1, 0.15) is 43.2 Å². The van der Waals surface area contributed by atoms with Crippen LogP contribution in [0.3, 0.4) is 0 Å². The molecule has 26 heavy (non-hydrogen) atoms. The summed E-state index contributed by atoms with van der Waals surface area (Å²) in [6.45, 7) is 2.71. The lowest BCUT2D eigenvalue weighted by Gasteiger charge is -2.29. The molecule has 1 unspecified atom stereocenters. The summed E-state index contributed by atoms with van der Waals surface area (Å²) < 4.78 is 0. The lowest BCUT2D eigenvalue weighted by atomic mass is 9.94. The fourth-order valence-electron chi connectivity index (χ4n) is 3.56. The van der Waals surface area contributed by atoms with Crippen LogP contribution < -0.4 is 10.6 Å². The number of nitrogen functional groups attached to an aromatic ring is 1. The zero-order valence-corrected chi connectivity index (χ0v) is 16.0. The van der Waals surface area contributed by atoms with Crippen molar-refractivity contribution in [3.05, 3.63) is 59.7 Å². The zero-order valence-electron chi connectivity index (χ0n) is 16.0. The van der Waals surface area contributed by atoms with Crippen LogP contribution >= 0.6 is 0 Å². The third kappa shape index (κ3) is 4.01. The van der Waals surface area contributed by atoms with E-state index in [-0.39, 0.29) is 11.8 Å². The van der Waals surface area contributed by atoms with Gasteiger partial charge in [-0.2, -0.15) is 0 Å². The monoisotopic (exact) mass is 351 g/mol. The van der Waals surface area contributed by atoms with Crippen molar-refractivity contribution in [3.8, 4) is 0 Å². The molecule has 1 amide bonds. The molecule has 1 atom stereocenters. The molecule has 2 N–H and O–H groups in total. The molecule has 138 valence electrons. The Bertz CT molecular complexity index is 753. The van der Waals surface area contributed by atoms with E-state index in [1.807, 2.05) is 50.5 Å². The van der Waals surface area contributed by atoms with Gasteiger partial charge in [0.1, 0.15) is 0 Å². The lowest BCUT2D eigenvalue weighted by Crippen LogP contribution is -2.36. The Labute approximate surface area is 156 Å². The Hall–Kier alpha value is -2.49.